The standard InChI is InChI=1S/C26H23FN2O7/c1-35-20-11-10-19(31)22(23(20)27)24(32)14-2-4-16(5-3-14)26(34)36-21-13-28-12-18(21)29-25(33)15-6-8-17(30)9-7-15/h2-11,18,21,28,30-31H,12-13H2,1H3,(H,29,33)/t18-,21-/m1/s1. The van der Waals surface area contributed by atoms with Crippen molar-refractivity contribution in [2.75, 3.05) is 20.2 Å². The number of hydrogen-bond donors (Lipinski definition) is 4. The summed E-state index contributed by atoms with van der Waals surface area (Å²) < 4.78 is 25.0. The average molecular weight is 494 g/mol. The number of aromatic hydroxyl groups is 2. The third-order valence-corrected chi connectivity index (χ3v) is 5.78. The molecule has 0 bridgehead atoms. The molecule has 1 aliphatic rings. The van der Waals surface area contributed by atoms with E-state index in [1.165, 1.54) is 61.7 Å². The fraction of sp³-hybridized carbons (Fsp3) is 0.192. The van der Waals surface area contributed by atoms with Crippen LogP contribution in [0.25, 0.3) is 0 Å². The number of nitrogens with one attached hydrogen (secondary N) is 2. The molecule has 0 aliphatic carbocycles. The maximum Gasteiger partial charge on any atom is 0.338 e. The predicted molar refractivity (Wildman–Crippen MR) is 126 cm³/mol. The van der Waals surface area contributed by atoms with Crippen LogP contribution in [-0.4, -0.2) is 60.2 Å². The van der Waals surface area contributed by atoms with Crippen LogP contribution >= 0.6 is 0 Å². The number of ether oxygens (including phenoxy) is 2. The van der Waals surface area contributed by atoms with Gasteiger partial charge in [-0.3, -0.25) is 9.59 Å². The number of benzene rings is 3. The van der Waals surface area contributed by atoms with Crippen LogP contribution in [0.4, 0.5) is 4.39 Å². The monoisotopic (exact) mass is 494 g/mol. The van der Waals surface area contributed by atoms with Crippen LogP contribution in [0.15, 0.2) is 60.7 Å². The van der Waals surface area contributed by atoms with E-state index in [-0.39, 0.29) is 28.5 Å². The van der Waals surface area contributed by atoms with E-state index in [1.54, 1.807) is 0 Å². The Balaban J connectivity index is 1.42. The van der Waals surface area contributed by atoms with Crippen molar-refractivity contribution in [3.63, 3.8) is 0 Å². The van der Waals surface area contributed by atoms with Gasteiger partial charge >= 0.3 is 5.97 Å². The minimum atomic E-state index is -0.986. The Hall–Kier alpha value is -4.44. The maximum atomic E-state index is 14.5. The van der Waals surface area contributed by atoms with Gasteiger partial charge in [-0.15, -0.1) is 0 Å². The molecule has 0 aromatic heterocycles. The van der Waals surface area contributed by atoms with Crippen LogP contribution in [0, 0.1) is 5.82 Å². The molecule has 3 aromatic rings. The lowest BCUT2D eigenvalue weighted by Gasteiger charge is -2.20. The Morgan fingerprint density at radius 1 is 0.917 bits per heavy atom. The summed E-state index contributed by atoms with van der Waals surface area (Å²) in [5, 5.41) is 25.2. The van der Waals surface area contributed by atoms with Crippen LogP contribution in [0.1, 0.15) is 36.6 Å². The first-order valence-electron chi connectivity index (χ1n) is 11.0. The zero-order valence-electron chi connectivity index (χ0n) is 19.2. The van der Waals surface area contributed by atoms with Crippen LogP contribution in [0.2, 0.25) is 0 Å². The Morgan fingerprint density at radius 2 is 1.56 bits per heavy atom. The number of amides is 1. The van der Waals surface area contributed by atoms with Gasteiger partial charge in [-0.25, -0.2) is 9.18 Å². The number of phenols is 2. The Morgan fingerprint density at radius 3 is 2.22 bits per heavy atom. The minimum absolute atomic E-state index is 0.0408. The van der Waals surface area contributed by atoms with Gasteiger partial charge in [0.05, 0.1) is 18.7 Å². The molecule has 36 heavy (non-hydrogen) atoms. The molecule has 9 nitrogen and oxygen atoms in total. The lowest BCUT2D eigenvalue weighted by atomic mass is 10.0. The summed E-state index contributed by atoms with van der Waals surface area (Å²) in [6.07, 6.45) is -0.636. The van der Waals surface area contributed by atoms with E-state index in [1.807, 2.05) is 0 Å². The molecular weight excluding hydrogens is 471 g/mol. The number of rotatable bonds is 7. The molecule has 2 atom stereocenters. The number of methoxy groups -OCH3 is 1. The van der Waals surface area contributed by atoms with Crippen molar-refractivity contribution in [2.45, 2.75) is 12.1 Å². The molecule has 1 saturated heterocycles. The summed E-state index contributed by atoms with van der Waals surface area (Å²) in [4.78, 5) is 37.9. The van der Waals surface area contributed by atoms with E-state index < -0.39 is 41.0 Å². The van der Waals surface area contributed by atoms with Gasteiger partial charge in [0.1, 0.15) is 23.2 Å². The van der Waals surface area contributed by atoms with Gasteiger partial charge in [0.15, 0.2) is 17.3 Å². The maximum absolute atomic E-state index is 14.5. The molecule has 0 saturated carbocycles. The summed E-state index contributed by atoms with van der Waals surface area (Å²) in [5.74, 6) is -3.48. The fourth-order valence-electron chi connectivity index (χ4n) is 3.82. The number of hydrogen-bond acceptors (Lipinski definition) is 8. The average Bonchev–Trinajstić information content (AvgIpc) is 3.30. The number of ketones is 1. The van der Waals surface area contributed by atoms with Crippen molar-refractivity contribution < 1.29 is 38.5 Å². The summed E-state index contributed by atoms with van der Waals surface area (Å²) in [6, 6.07) is 13.0. The van der Waals surface area contributed by atoms with E-state index in [0.29, 0.717) is 18.7 Å². The predicted octanol–water partition coefficient (Wildman–Crippen LogP) is 2.40. The van der Waals surface area contributed by atoms with Gasteiger partial charge in [0, 0.05) is 24.2 Å². The normalized spacial score (nSPS) is 16.8. The zero-order valence-corrected chi connectivity index (χ0v) is 19.2. The van der Waals surface area contributed by atoms with Gasteiger partial charge in [-0.2, -0.15) is 0 Å². The highest BCUT2D eigenvalue weighted by Gasteiger charge is 2.32. The molecule has 1 aliphatic heterocycles. The number of carbonyl (C=O) groups excluding carboxylic acids is 3. The third kappa shape index (κ3) is 5.13. The Bertz CT molecular complexity index is 1290. The van der Waals surface area contributed by atoms with Crippen molar-refractivity contribution >= 4 is 17.7 Å². The molecule has 0 radical (unpaired) electrons. The second-order valence-electron chi connectivity index (χ2n) is 8.11. The molecule has 4 rings (SSSR count). The van der Waals surface area contributed by atoms with Crippen LogP contribution in [0.3, 0.4) is 0 Å². The minimum Gasteiger partial charge on any atom is -0.508 e. The van der Waals surface area contributed by atoms with E-state index in [2.05, 4.69) is 10.6 Å². The van der Waals surface area contributed by atoms with E-state index in [9.17, 15) is 29.0 Å². The van der Waals surface area contributed by atoms with Gasteiger partial charge in [-0.1, -0.05) is 12.1 Å². The highest BCUT2D eigenvalue weighted by atomic mass is 19.1. The SMILES string of the molecule is COc1ccc(O)c(C(=O)c2ccc(C(=O)O[C@@H]3CNC[C@H]3NC(=O)c3ccc(O)cc3)cc2)c1F. The lowest BCUT2D eigenvalue weighted by molar-refractivity contribution is 0.0283. The first kappa shape index (κ1) is 24.7. The molecule has 0 unspecified atom stereocenters. The summed E-state index contributed by atoms with van der Waals surface area (Å²) in [7, 11) is 1.24. The largest absolute Gasteiger partial charge is 0.508 e. The molecule has 3 aromatic carbocycles. The molecule has 1 fully saturated rings. The van der Waals surface area contributed by atoms with Crippen LogP contribution < -0.4 is 15.4 Å². The van der Waals surface area contributed by atoms with Crippen molar-refractivity contribution in [3.05, 3.63) is 88.7 Å². The number of phenolic OH excluding ortho intramolecular Hbond substituents is 2. The molecule has 186 valence electrons. The van der Waals surface area contributed by atoms with E-state index in [0.717, 1.165) is 6.07 Å². The molecule has 1 heterocycles. The molecule has 0 spiro atoms. The Labute approximate surface area is 205 Å². The fourth-order valence-corrected chi connectivity index (χ4v) is 3.82. The second-order valence-corrected chi connectivity index (χ2v) is 8.11. The van der Waals surface area contributed by atoms with E-state index >= 15 is 0 Å². The van der Waals surface area contributed by atoms with Crippen molar-refractivity contribution in [1.82, 2.24) is 10.6 Å². The van der Waals surface area contributed by atoms with Gasteiger partial charge in [0.25, 0.3) is 5.91 Å². The van der Waals surface area contributed by atoms with E-state index in [4.69, 9.17) is 9.47 Å². The molecular formula is C26H23FN2O7. The van der Waals surface area contributed by atoms with Crippen LogP contribution in [-0.2, 0) is 4.74 Å². The first-order valence-corrected chi connectivity index (χ1v) is 11.0. The Kier molecular flexibility index (Phi) is 7.16. The van der Waals surface area contributed by atoms with Gasteiger partial charge < -0.3 is 30.3 Å². The third-order valence-electron chi connectivity index (χ3n) is 5.78. The summed E-state index contributed by atoms with van der Waals surface area (Å²) >= 11 is 0. The second kappa shape index (κ2) is 10.4. The van der Waals surface area contributed by atoms with Crippen molar-refractivity contribution in [3.8, 4) is 17.2 Å². The summed E-state index contributed by atoms with van der Waals surface area (Å²) in [5.41, 5.74) is 0.0189. The first-order chi connectivity index (χ1) is 17.3. The van der Waals surface area contributed by atoms with Crippen molar-refractivity contribution in [1.29, 1.82) is 0 Å². The quantitative estimate of drug-likeness (QED) is 0.291. The number of carbonyl (C=O) groups is 3. The molecule has 10 heteroatoms. The number of esters is 1. The molecule has 1 amide bonds. The molecule has 4 N–H and O–H groups in total. The van der Waals surface area contributed by atoms with Crippen LogP contribution in [0.5, 0.6) is 17.2 Å². The van der Waals surface area contributed by atoms with Crippen molar-refractivity contribution in [2.24, 2.45) is 0 Å². The smallest absolute Gasteiger partial charge is 0.338 e. The van der Waals surface area contributed by atoms with Gasteiger partial charge in [-0.05, 0) is 48.5 Å². The summed E-state index contributed by atoms with van der Waals surface area (Å²) in [6.45, 7) is 0.724. The number of halogens is 1. The zero-order chi connectivity index (χ0) is 25.8. The van der Waals surface area contributed by atoms with Gasteiger partial charge in [0.2, 0.25) is 0 Å². The highest BCUT2D eigenvalue weighted by molar-refractivity contribution is 6.11. The highest BCUT2D eigenvalue weighted by Crippen LogP contribution is 2.30. The lowest BCUT2D eigenvalue weighted by Crippen LogP contribution is -2.44. The topological polar surface area (TPSA) is 134 Å².